The number of anilines is 2. The molecule has 0 aliphatic carbocycles. The van der Waals surface area contributed by atoms with Gasteiger partial charge in [0.2, 0.25) is 0 Å². The van der Waals surface area contributed by atoms with E-state index in [-0.39, 0.29) is 11.3 Å². The summed E-state index contributed by atoms with van der Waals surface area (Å²) in [4.78, 5) is 13.4. The van der Waals surface area contributed by atoms with Gasteiger partial charge in [-0.15, -0.1) is 0 Å². The molecule has 1 saturated heterocycles. The van der Waals surface area contributed by atoms with E-state index in [0.717, 1.165) is 26.2 Å². The Hall–Kier alpha value is -1.82. The fourth-order valence-corrected chi connectivity index (χ4v) is 2.04. The van der Waals surface area contributed by atoms with Gasteiger partial charge in [0.05, 0.1) is 12.8 Å². The monoisotopic (exact) mass is 253 g/mol. The summed E-state index contributed by atoms with van der Waals surface area (Å²) in [7, 11) is 1.20. The Morgan fingerprint density at radius 3 is 2.67 bits per heavy atom. The van der Waals surface area contributed by atoms with E-state index in [1.54, 1.807) is 6.07 Å². The number of hydrogen-bond acceptors (Lipinski definition) is 5. The molecule has 0 saturated carbocycles. The molecule has 98 valence electrons. The van der Waals surface area contributed by atoms with E-state index in [1.807, 2.05) is 4.90 Å². The van der Waals surface area contributed by atoms with Crippen molar-refractivity contribution in [2.24, 2.45) is 0 Å². The largest absolute Gasteiger partial charge is 0.465 e. The van der Waals surface area contributed by atoms with Crippen LogP contribution in [0, 0.1) is 5.82 Å². The number of hydrogen-bond donors (Lipinski definition) is 2. The number of halogens is 1. The SMILES string of the molecule is COC(=O)c1c(N)cc(N2CCNCC2)cc1F. The van der Waals surface area contributed by atoms with Crippen molar-refractivity contribution in [2.45, 2.75) is 0 Å². The number of benzene rings is 1. The predicted molar refractivity (Wildman–Crippen MR) is 67.2 cm³/mol. The number of rotatable bonds is 2. The van der Waals surface area contributed by atoms with Gasteiger partial charge in [-0.3, -0.25) is 0 Å². The highest BCUT2D eigenvalue weighted by Gasteiger charge is 2.20. The number of carbonyl (C=O) groups is 1. The first-order valence-electron chi connectivity index (χ1n) is 5.76. The molecule has 0 atom stereocenters. The summed E-state index contributed by atoms with van der Waals surface area (Å²) in [5.74, 6) is -1.40. The quantitative estimate of drug-likeness (QED) is 0.597. The van der Waals surface area contributed by atoms with Gasteiger partial charge in [-0.25, -0.2) is 9.18 Å². The predicted octanol–water partition coefficient (Wildman–Crippen LogP) is 0.604. The maximum Gasteiger partial charge on any atom is 0.342 e. The van der Waals surface area contributed by atoms with Gasteiger partial charge in [-0.1, -0.05) is 0 Å². The minimum absolute atomic E-state index is 0.107. The lowest BCUT2D eigenvalue weighted by Gasteiger charge is -2.29. The fraction of sp³-hybridized carbons (Fsp3) is 0.417. The molecule has 3 N–H and O–H groups in total. The van der Waals surface area contributed by atoms with E-state index in [9.17, 15) is 9.18 Å². The number of nitrogens with zero attached hydrogens (tertiary/aromatic N) is 1. The van der Waals surface area contributed by atoms with Gasteiger partial charge in [0.15, 0.2) is 0 Å². The van der Waals surface area contributed by atoms with Crippen molar-refractivity contribution < 1.29 is 13.9 Å². The zero-order chi connectivity index (χ0) is 13.1. The molecule has 5 nitrogen and oxygen atoms in total. The smallest absolute Gasteiger partial charge is 0.342 e. The number of nitrogens with two attached hydrogens (primary N) is 1. The molecule has 1 aliphatic rings. The van der Waals surface area contributed by atoms with Gasteiger partial charge in [0, 0.05) is 31.9 Å². The van der Waals surface area contributed by atoms with Crippen molar-refractivity contribution in [1.82, 2.24) is 5.32 Å². The Bertz CT molecular complexity index is 436. The second kappa shape index (κ2) is 5.22. The molecule has 6 heteroatoms. The van der Waals surface area contributed by atoms with Crippen molar-refractivity contribution in [1.29, 1.82) is 0 Å². The van der Waals surface area contributed by atoms with Crippen LogP contribution in [0.4, 0.5) is 15.8 Å². The van der Waals surface area contributed by atoms with Gasteiger partial charge in [0.1, 0.15) is 11.4 Å². The number of carbonyl (C=O) groups excluding carboxylic acids is 1. The van der Waals surface area contributed by atoms with Crippen LogP contribution in [0.1, 0.15) is 10.4 Å². The third-order valence-electron chi connectivity index (χ3n) is 2.98. The molecule has 1 aromatic carbocycles. The molecule has 0 amide bonds. The highest BCUT2D eigenvalue weighted by atomic mass is 19.1. The van der Waals surface area contributed by atoms with Gasteiger partial charge >= 0.3 is 5.97 Å². The van der Waals surface area contributed by atoms with Crippen LogP contribution in [0.5, 0.6) is 0 Å². The van der Waals surface area contributed by atoms with Crippen LogP contribution in [0.3, 0.4) is 0 Å². The summed E-state index contributed by atoms with van der Waals surface area (Å²) in [5, 5.41) is 3.21. The molecule has 2 rings (SSSR count). The number of nitrogens with one attached hydrogen (secondary N) is 1. The summed E-state index contributed by atoms with van der Waals surface area (Å²) >= 11 is 0. The lowest BCUT2D eigenvalue weighted by molar-refractivity contribution is 0.0597. The molecule has 1 aliphatic heterocycles. The molecule has 0 unspecified atom stereocenters. The summed E-state index contributed by atoms with van der Waals surface area (Å²) in [6.45, 7) is 3.27. The summed E-state index contributed by atoms with van der Waals surface area (Å²) in [5.41, 5.74) is 6.32. The van der Waals surface area contributed by atoms with Gasteiger partial charge in [-0.05, 0) is 12.1 Å². The van der Waals surface area contributed by atoms with Gasteiger partial charge in [0.25, 0.3) is 0 Å². The Labute approximate surface area is 105 Å². The number of methoxy groups -OCH3 is 1. The fourth-order valence-electron chi connectivity index (χ4n) is 2.04. The van der Waals surface area contributed by atoms with E-state index < -0.39 is 11.8 Å². The average Bonchev–Trinajstić information content (AvgIpc) is 2.38. The summed E-state index contributed by atoms with van der Waals surface area (Å²) in [6.07, 6.45) is 0. The molecule has 1 heterocycles. The summed E-state index contributed by atoms with van der Waals surface area (Å²) < 4.78 is 18.4. The van der Waals surface area contributed by atoms with Crippen LogP contribution in [-0.4, -0.2) is 39.3 Å². The van der Waals surface area contributed by atoms with E-state index in [1.165, 1.54) is 13.2 Å². The van der Waals surface area contributed by atoms with Crippen molar-refractivity contribution in [3.63, 3.8) is 0 Å². The normalized spacial score (nSPS) is 15.6. The number of esters is 1. The second-order valence-electron chi connectivity index (χ2n) is 4.12. The maximum atomic E-state index is 13.9. The first-order valence-corrected chi connectivity index (χ1v) is 5.76. The average molecular weight is 253 g/mol. The highest BCUT2D eigenvalue weighted by Crippen LogP contribution is 2.25. The molecule has 0 spiro atoms. The third-order valence-corrected chi connectivity index (χ3v) is 2.98. The standard InChI is InChI=1S/C12H16FN3O2/c1-18-12(17)11-9(13)6-8(7-10(11)14)16-4-2-15-3-5-16/h6-7,15H,2-5,14H2,1H3. The molecular formula is C12H16FN3O2. The molecule has 0 radical (unpaired) electrons. The van der Waals surface area contributed by atoms with Crippen LogP contribution in [0.2, 0.25) is 0 Å². The summed E-state index contributed by atoms with van der Waals surface area (Å²) in [6, 6.07) is 2.94. The second-order valence-corrected chi connectivity index (χ2v) is 4.12. The van der Waals surface area contributed by atoms with Crippen LogP contribution in [-0.2, 0) is 4.74 Å². The van der Waals surface area contributed by atoms with Gasteiger partial charge < -0.3 is 20.7 Å². The lowest BCUT2D eigenvalue weighted by Crippen LogP contribution is -2.43. The van der Waals surface area contributed by atoms with E-state index in [4.69, 9.17) is 5.73 Å². The Morgan fingerprint density at radius 1 is 1.44 bits per heavy atom. The van der Waals surface area contributed by atoms with Crippen molar-refractivity contribution in [3.8, 4) is 0 Å². The highest BCUT2D eigenvalue weighted by molar-refractivity contribution is 5.96. The van der Waals surface area contributed by atoms with Crippen molar-refractivity contribution in [3.05, 3.63) is 23.5 Å². The minimum atomic E-state index is -0.753. The first-order chi connectivity index (χ1) is 8.63. The van der Waals surface area contributed by atoms with Crippen LogP contribution >= 0.6 is 0 Å². The molecule has 1 aromatic rings. The zero-order valence-electron chi connectivity index (χ0n) is 10.2. The van der Waals surface area contributed by atoms with Crippen LogP contribution in [0.25, 0.3) is 0 Å². The van der Waals surface area contributed by atoms with E-state index in [2.05, 4.69) is 10.1 Å². The molecule has 18 heavy (non-hydrogen) atoms. The van der Waals surface area contributed by atoms with Crippen LogP contribution in [0.15, 0.2) is 12.1 Å². The van der Waals surface area contributed by atoms with E-state index >= 15 is 0 Å². The number of ether oxygens (including phenoxy) is 1. The topological polar surface area (TPSA) is 67.6 Å². The zero-order valence-corrected chi connectivity index (χ0v) is 10.2. The van der Waals surface area contributed by atoms with E-state index in [0.29, 0.717) is 5.69 Å². The van der Waals surface area contributed by atoms with Gasteiger partial charge in [-0.2, -0.15) is 0 Å². The Kier molecular flexibility index (Phi) is 3.66. The number of nitrogen functional groups attached to an aromatic ring is 1. The number of piperazine rings is 1. The van der Waals surface area contributed by atoms with Crippen molar-refractivity contribution in [2.75, 3.05) is 43.9 Å². The molecule has 1 fully saturated rings. The Balaban J connectivity index is 2.32. The lowest BCUT2D eigenvalue weighted by atomic mass is 10.1. The Morgan fingerprint density at radius 2 is 2.11 bits per heavy atom. The first kappa shape index (κ1) is 12.6. The van der Waals surface area contributed by atoms with Crippen molar-refractivity contribution >= 4 is 17.3 Å². The minimum Gasteiger partial charge on any atom is -0.465 e. The maximum absolute atomic E-state index is 13.9. The molecule has 0 aromatic heterocycles. The van der Waals surface area contributed by atoms with Crippen LogP contribution < -0.4 is 16.0 Å². The molecule has 0 bridgehead atoms. The molecular weight excluding hydrogens is 237 g/mol. The third kappa shape index (κ3) is 2.38.